The van der Waals surface area contributed by atoms with Crippen LogP contribution in [0.15, 0.2) is 0 Å². The van der Waals surface area contributed by atoms with E-state index in [1.54, 1.807) is 0 Å². The molecule has 0 fully saturated rings. The van der Waals surface area contributed by atoms with Crippen LogP contribution in [-0.4, -0.2) is 38.8 Å². The molecule has 0 aliphatic rings. The third-order valence-electron chi connectivity index (χ3n) is 1.03. The number of hydrogen-bond donors (Lipinski definition) is 0. The molecule has 0 spiro atoms. The van der Waals surface area contributed by atoms with Gasteiger partial charge in [0.25, 0.3) is 0 Å². The Kier molecular flexibility index (Phi) is 15.4. The SMILES string of the molecule is CC.CCCOCCN(C)C. The smallest absolute Gasteiger partial charge is 0.0593 e. The van der Waals surface area contributed by atoms with E-state index in [2.05, 4.69) is 25.9 Å². The number of nitrogens with zero attached hydrogens (tertiary/aromatic N) is 1. The van der Waals surface area contributed by atoms with Gasteiger partial charge in [0.05, 0.1) is 6.61 Å². The van der Waals surface area contributed by atoms with Crippen LogP contribution in [0.1, 0.15) is 27.2 Å². The molecule has 0 amide bonds. The lowest BCUT2D eigenvalue weighted by Crippen LogP contribution is -2.18. The summed E-state index contributed by atoms with van der Waals surface area (Å²) in [5.74, 6) is 0. The first kappa shape index (κ1) is 13.5. The van der Waals surface area contributed by atoms with Crippen molar-refractivity contribution >= 4 is 0 Å². The summed E-state index contributed by atoms with van der Waals surface area (Å²) < 4.78 is 5.25. The van der Waals surface area contributed by atoms with Crippen molar-refractivity contribution in [2.75, 3.05) is 33.9 Å². The minimum Gasteiger partial charge on any atom is -0.380 e. The summed E-state index contributed by atoms with van der Waals surface area (Å²) in [5.41, 5.74) is 0. The second kappa shape index (κ2) is 12.6. The summed E-state index contributed by atoms with van der Waals surface area (Å²) >= 11 is 0. The molecule has 0 saturated heterocycles. The molecule has 0 aromatic heterocycles. The monoisotopic (exact) mass is 161 g/mol. The second-order valence-corrected chi connectivity index (χ2v) is 2.42. The van der Waals surface area contributed by atoms with E-state index in [1.165, 1.54) is 0 Å². The lowest BCUT2D eigenvalue weighted by molar-refractivity contribution is 0.118. The Labute approximate surface area is 71.5 Å². The average molecular weight is 161 g/mol. The maximum absolute atomic E-state index is 5.25. The highest BCUT2D eigenvalue weighted by Gasteiger charge is 1.87. The van der Waals surface area contributed by atoms with Crippen LogP contribution in [0.3, 0.4) is 0 Å². The normalized spacial score (nSPS) is 9.27. The lowest BCUT2D eigenvalue weighted by Gasteiger charge is -2.08. The zero-order chi connectivity index (χ0) is 9.11. The van der Waals surface area contributed by atoms with Crippen molar-refractivity contribution in [3.8, 4) is 0 Å². The number of rotatable bonds is 5. The minimum atomic E-state index is 0.862. The molecule has 0 heterocycles. The summed E-state index contributed by atoms with van der Waals surface area (Å²) in [6, 6.07) is 0. The van der Waals surface area contributed by atoms with Crippen molar-refractivity contribution in [2.24, 2.45) is 0 Å². The first-order valence-corrected chi connectivity index (χ1v) is 4.50. The van der Waals surface area contributed by atoms with Gasteiger partial charge in [-0.05, 0) is 20.5 Å². The fraction of sp³-hybridized carbons (Fsp3) is 1.00. The molecule has 0 atom stereocenters. The molecule has 0 rings (SSSR count). The van der Waals surface area contributed by atoms with Gasteiger partial charge in [0, 0.05) is 13.2 Å². The van der Waals surface area contributed by atoms with E-state index >= 15 is 0 Å². The molecule has 2 heteroatoms. The van der Waals surface area contributed by atoms with Crippen LogP contribution in [0, 0.1) is 0 Å². The van der Waals surface area contributed by atoms with Crippen LogP contribution in [0.5, 0.6) is 0 Å². The standard InChI is InChI=1S/C7H17NO.C2H6/c1-4-6-9-7-5-8(2)3;1-2/h4-7H2,1-3H3;1-2H3. The Bertz CT molecular complexity index is 55.5. The van der Waals surface area contributed by atoms with Crippen molar-refractivity contribution < 1.29 is 4.74 Å². The molecule has 0 N–H and O–H groups in total. The second-order valence-electron chi connectivity index (χ2n) is 2.42. The van der Waals surface area contributed by atoms with Crippen LogP contribution in [0.2, 0.25) is 0 Å². The predicted octanol–water partition coefficient (Wildman–Crippen LogP) is 2.00. The van der Waals surface area contributed by atoms with Gasteiger partial charge in [0.15, 0.2) is 0 Å². The van der Waals surface area contributed by atoms with E-state index in [1.807, 2.05) is 13.8 Å². The Hall–Kier alpha value is -0.0800. The van der Waals surface area contributed by atoms with E-state index in [4.69, 9.17) is 4.74 Å². The Balaban J connectivity index is 0. The Morgan fingerprint density at radius 3 is 2.00 bits per heavy atom. The van der Waals surface area contributed by atoms with Gasteiger partial charge < -0.3 is 9.64 Å². The molecule has 2 nitrogen and oxygen atoms in total. The Morgan fingerprint density at radius 2 is 1.64 bits per heavy atom. The maximum Gasteiger partial charge on any atom is 0.0593 e. The van der Waals surface area contributed by atoms with Gasteiger partial charge in [-0.3, -0.25) is 0 Å². The molecular weight excluding hydrogens is 138 g/mol. The molecular formula is C9H23NO. The van der Waals surface area contributed by atoms with Gasteiger partial charge in [-0.2, -0.15) is 0 Å². The van der Waals surface area contributed by atoms with Gasteiger partial charge in [-0.25, -0.2) is 0 Å². The number of ether oxygens (including phenoxy) is 1. The third-order valence-corrected chi connectivity index (χ3v) is 1.03. The van der Waals surface area contributed by atoms with Crippen LogP contribution >= 0.6 is 0 Å². The molecule has 0 saturated carbocycles. The molecule has 11 heavy (non-hydrogen) atoms. The lowest BCUT2D eigenvalue weighted by atomic mass is 10.5. The Morgan fingerprint density at radius 1 is 1.09 bits per heavy atom. The largest absolute Gasteiger partial charge is 0.380 e. The van der Waals surface area contributed by atoms with E-state index in [-0.39, 0.29) is 0 Å². The minimum absolute atomic E-state index is 0.862. The van der Waals surface area contributed by atoms with Gasteiger partial charge in [-0.15, -0.1) is 0 Å². The van der Waals surface area contributed by atoms with Gasteiger partial charge in [-0.1, -0.05) is 20.8 Å². The average Bonchev–Trinajstić information content (AvgIpc) is 2.02. The van der Waals surface area contributed by atoms with Crippen molar-refractivity contribution in [3.63, 3.8) is 0 Å². The van der Waals surface area contributed by atoms with Crippen molar-refractivity contribution in [1.82, 2.24) is 4.90 Å². The summed E-state index contributed by atoms with van der Waals surface area (Å²) in [6.07, 6.45) is 1.12. The highest BCUT2D eigenvalue weighted by Crippen LogP contribution is 1.80. The van der Waals surface area contributed by atoms with Gasteiger partial charge in [0.1, 0.15) is 0 Å². The van der Waals surface area contributed by atoms with E-state index in [0.29, 0.717) is 0 Å². The van der Waals surface area contributed by atoms with E-state index < -0.39 is 0 Å². The van der Waals surface area contributed by atoms with E-state index in [0.717, 1.165) is 26.2 Å². The summed E-state index contributed by atoms with van der Waals surface area (Å²) in [7, 11) is 4.10. The van der Waals surface area contributed by atoms with Gasteiger partial charge >= 0.3 is 0 Å². The summed E-state index contributed by atoms with van der Waals surface area (Å²) in [4.78, 5) is 2.12. The topological polar surface area (TPSA) is 12.5 Å². The zero-order valence-corrected chi connectivity index (χ0v) is 8.68. The molecule has 70 valence electrons. The quantitative estimate of drug-likeness (QED) is 0.572. The van der Waals surface area contributed by atoms with Crippen molar-refractivity contribution in [1.29, 1.82) is 0 Å². The third kappa shape index (κ3) is 17.8. The molecule has 0 aromatic carbocycles. The molecule has 0 aliphatic carbocycles. The zero-order valence-electron chi connectivity index (χ0n) is 8.68. The van der Waals surface area contributed by atoms with Crippen LogP contribution in [0.25, 0.3) is 0 Å². The van der Waals surface area contributed by atoms with Crippen molar-refractivity contribution in [3.05, 3.63) is 0 Å². The highest BCUT2D eigenvalue weighted by molar-refractivity contribution is 4.38. The number of likely N-dealkylation sites (N-methyl/N-ethyl adjacent to an activating group) is 1. The first-order valence-electron chi connectivity index (χ1n) is 4.50. The van der Waals surface area contributed by atoms with Gasteiger partial charge in [0.2, 0.25) is 0 Å². The number of hydrogen-bond acceptors (Lipinski definition) is 2. The fourth-order valence-electron chi connectivity index (χ4n) is 0.494. The van der Waals surface area contributed by atoms with E-state index in [9.17, 15) is 0 Å². The van der Waals surface area contributed by atoms with Crippen molar-refractivity contribution in [2.45, 2.75) is 27.2 Å². The molecule has 0 aliphatic heterocycles. The van der Waals surface area contributed by atoms with Crippen LogP contribution in [0.4, 0.5) is 0 Å². The molecule has 0 aromatic rings. The van der Waals surface area contributed by atoms with Crippen LogP contribution in [-0.2, 0) is 4.74 Å². The molecule has 0 radical (unpaired) electrons. The molecule has 0 unspecified atom stereocenters. The highest BCUT2D eigenvalue weighted by atomic mass is 16.5. The molecule has 0 bridgehead atoms. The fourth-order valence-corrected chi connectivity index (χ4v) is 0.494. The predicted molar refractivity (Wildman–Crippen MR) is 51.0 cm³/mol. The van der Waals surface area contributed by atoms with Crippen LogP contribution < -0.4 is 0 Å². The first-order chi connectivity index (χ1) is 5.27. The summed E-state index contributed by atoms with van der Waals surface area (Å²) in [6.45, 7) is 8.91. The summed E-state index contributed by atoms with van der Waals surface area (Å²) in [5, 5.41) is 0. The maximum atomic E-state index is 5.25.